The van der Waals surface area contributed by atoms with Crippen LogP contribution in [0.15, 0.2) is 52.1 Å². The van der Waals surface area contributed by atoms with Crippen molar-refractivity contribution >= 4 is 17.9 Å². The van der Waals surface area contributed by atoms with Crippen molar-refractivity contribution in [2.24, 2.45) is 0 Å². The molecule has 1 aromatic heterocycles. The molecule has 0 spiro atoms. The van der Waals surface area contributed by atoms with Crippen LogP contribution in [0.2, 0.25) is 0 Å². The summed E-state index contributed by atoms with van der Waals surface area (Å²) in [5.41, 5.74) is 1.48. The van der Waals surface area contributed by atoms with Crippen LogP contribution in [-0.4, -0.2) is 27.6 Å². The largest absolute Gasteiger partial charge is 0.444 e. The Balaban J connectivity index is 2.14. The fourth-order valence-electron chi connectivity index (χ4n) is 2.10. The summed E-state index contributed by atoms with van der Waals surface area (Å²) in [4.78, 5) is 12.2. The monoisotopic (exact) mass is 375 g/mol. The molecule has 6 nitrogen and oxygen atoms in total. The van der Waals surface area contributed by atoms with Crippen molar-refractivity contribution in [3.8, 4) is 0 Å². The van der Waals surface area contributed by atoms with E-state index < -0.39 is 17.7 Å². The number of aromatic nitrogens is 2. The minimum absolute atomic E-state index is 0.351. The number of benzene rings is 1. The van der Waals surface area contributed by atoms with E-state index in [1.54, 1.807) is 0 Å². The summed E-state index contributed by atoms with van der Waals surface area (Å²) in [7, 11) is 0. The zero-order valence-corrected chi connectivity index (χ0v) is 16.4. The Hall–Kier alpha value is -2.28. The SMILES string of the molecule is C=C(C)CSc1nnc(C(Cc2ccccc2)NC(=O)OC(C)(C)C)o1. The van der Waals surface area contributed by atoms with E-state index in [0.29, 0.717) is 23.3 Å². The number of rotatable bonds is 7. The Morgan fingerprint density at radius 3 is 2.62 bits per heavy atom. The molecule has 1 N–H and O–H groups in total. The van der Waals surface area contributed by atoms with Gasteiger partial charge in [0.05, 0.1) is 0 Å². The van der Waals surface area contributed by atoms with Gasteiger partial charge in [-0.15, -0.1) is 10.2 Å². The molecular formula is C19H25N3O3S. The van der Waals surface area contributed by atoms with Crippen molar-refractivity contribution < 1.29 is 13.9 Å². The quantitative estimate of drug-likeness (QED) is 0.565. The molecule has 1 amide bonds. The van der Waals surface area contributed by atoms with Crippen molar-refractivity contribution in [1.82, 2.24) is 15.5 Å². The molecule has 0 aliphatic rings. The lowest BCUT2D eigenvalue weighted by atomic mass is 10.1. The molecule has 2 aromatic rings. The fraction of sp³-hybridized carbons (Fsp3) is 0.421. The molecule has 0 aliphatic carbocycles. The van der Waals surface area contributed by atoms with Gasteiger partial charge in [0.25, 0.3) is 5.22 Å². The third-order valence-corrected chi connectivity index (χ3v) is 4.18. The van der Waals surface area contributed by atoms with Gasteiger partial charge in [-0.05, 0) is 33.3 Å². The average Bonchev–Trinajstić information content (AvgIpc) is 3.00. The summed E-state index contributed by atoms with van der Waals surface area (Å²) in [6.07, 6.45) is 0.000120. The van der Waals surface area contributed by atoms with Crippen LogP contribution in [0.1, 0.15) is 45.2 Å². The third-order valence-electron chi connectivity index (χ3n) is 3.14. The lowest BCUT2D eigenvalue weighted by molar-refractivity contribution is 0.0494. The molecule has 26 heavy (non-hydrogen) atoms. The maximum Gasteiger partial charge on any atom is 0.408 e. The summed E-state index contributed by atoms with van der Waals surface area (Å²) in [5.74, 6) is 1.05. The van der Waals surface area contributed by atoms with E-state index >= 15 is 0 Å². The number of carbonyl (C=O) groups is 1. The number of nitrogens with one attached hydrogen (secondary N) is 1. The second-order valence-corrected chi connectivity index (χ2v) is 7.97. The van der Waals surface area contributed by atoms with E-state index in [-0.39, 0.29) is 0 Å². The molecule has 2 rings (SSSR count). The first-order chi connectivity index (χ1) is 12.2. The van der Waals surface area contributed by atoms with Crippen LogP contribution < -0.4 is 5.32 Å². The van der Waals surface area contributed by atoms with Gasteiger partial charge in [-0.1, -0.05) is 54.2 Å². The molecule has 1 atom stereocenters. The standard InChI is InChI=1S/C19H25N3O3S/c1-13(2)12-26-18-22-21-16(24-18)15(11-14-9-7-6-8-10-14)20-17(23)25-19(3,4)5/h6-10,15H,1,11-12H2,2-5H3,(H,20,23). The van der Waals surface area contributed by atoms with Gasteiger partial charge < -0.3 is 14.5 Å². The highest BCUT2D eigenvalue weighted by atomic mass is 32.2. The van der Waals surface area contributed by atoms with Crippen molar-refractivity contribution in [1.29, 1.82) is 0 Å². The number of nitrogens with zero attached hydrogens (tertiary/aromatic N) is 2. The van der Waals surface area contributed by atoms with Crippen LogP contribution in [0.25, 0.3) is 0 Å². The molecule has 1 unspecified atom stereocenters. The van der Waals surface area contributed by atoms with Crippen LogP contribution in [0.3, 0.4) is 0 Å². The Morgan fingerprint density at radius 1 is 1.31 bits per heavy atom. The van der Waals surface area contributed by atoms with E-state index in [9.17, 15) is 4.79 Å². The molecule has 0 aliphatic heterocycles. The van der Waals surface area contributed by atoms with Crippen LogP contribution in [-0.2, 0) is 11.2 Å². The van der Waals surface area contributed by atoms with Gasteiger partial charge in [0.1, 0.15) is 11.6 Å². The lowest BCUT2D eigenvalue weighted by Crippen LogP contribution is -2.36. The fourth-order valence-corrected chi connectivity index (χ4v) is 2.72. The first kappa shape index (κ1) is 20.0. The van der Waals surface area contributed by atoms with E-state index in [1.807, 2.05) is 58.0 Å². The number of hydrogen-bond acceptors (Lipinski definition) is 6. The predicted octanol–water partition coefficient (Wildman–Crippen LogP) is 4.55. The maximum atomic E-state index is 12.2. The highest BCUT2D eigenvalue weighted by molar-refractivity contribution is 7.99. The summed E-state index contributed by atoms with van der Waals surface area (Å²) in [6.45, 7) is 11.2. The average molecular weight is 375 g/mol. The molecule has 0 radical (unpaired) electrons. The summed E-state index contributed by atoms with van der Waals surface area (Å²) >= 11 is 1.42. The zero-order chi connectivity index (χ0) is 19.2. The predicted molar refractivity (Wildman–Crippen MR) is 102 cm³/mol. The van der Waals surface area contributed by atoms with Crippen molar-refractivity contribution in [3.63, 3.8) is 0 Å². The number of alkyl carbamates (subject to hydrolysis) is 1. The van der Waals surface area contributed by atoms with Crippen molar-refractivity contribution in [2.75, 3.05) is 5.75 Å². The summed E-state index contributed by atoms with van der Waals surface area (Å²) in [5, 5.41) is 11.4. The highest BCUT2D eigenvalue weighted by Gasteiger charge is 2.25. The summed E-state index contributed by atoms with van der Waals surface area (Å²) < 4.78 is 11.1. The zero-order valence-electron chi connectivity index (χ0n) is 15.6. The molecule has 140 valence electrons. The van der Waals surface area contributed by atoms with Gasteiger partial charge >= 0.3 is 6.09 Å². The third kappa shape index (κ3) is 6.92. The van der Waals surface area contributed by atoms with E-state index in [1.165, 1.54) is 11.8 Å². The number of ether oxygens (including phenoxy) is 1. The highest BCUT2D eigenvalue weighted by Crippen LogP contribution is 2.24. The minimum Gasteiger partial charge on any atom is -0.444 e. The molecule has 0 fully saturated rings. The smallest absolute Gasteiger partial charge is 0.408 e. The molecule has 0 saturated carbocycles. The van der Waals surface area contributed by atoms with Crippen LogP contribution in [0.5, 0.6) is 0 Å². The first-order valence-electron chi connectivity index (χ1n) is 8.37. The Morgan fingerprint density at radius 2 is 2.00 bits per heavy atom. The normalized spacial score (nSPS) is 12.5. The van der Waals surface area contributed by atoms with Gasteiger partial charge in [0.15, 0.2) is 0 Å². The molecule has 0 saturated heterocycles. The Kier molecular flexibility index (Phi) is 6.85. The maximum absolute atomic E-state index is 12.2. The van der Waals surface area contributed by atoms with E-state index in [2.05, 4.69) is 22.1 Å². The molecule has 0 bridgehead atoms. The van der Waals surface area contributed by atoms with Crippen LogP contribution >= 0.6 is 11.8 Å². The van der Waals surface area contributed by atoms with E-state index in [4.69, 9.17) is 9.15 Å². The lowest BCUT2D eigenvalue weighted by Gasteiger charge is -2.22. The van der Waals surface area contributed by atoms with Crippen molar-refractivity contribution in [2.45, 2.75) is 51.0 Å². The van der Waals surface area contributed by atoms with Gasteiger partial charge in [0.2, 0.25) is 5.89 Å². The second kappa shape index (κ2) is 8.89. The Bertz CT molecular complexity index is 738. The molecular weight excluding hydrogens is 350 g/mol. The molecule has 7 heteroatoms. The minimum atomic E-state index is -0.585. The number of carbonyl (C=O) groups excluding carboxylic acids is 1. The van der Waals surface area contributed by atoms with Gasteiger partial charge in [-0.2, -0.15) is 0 Å². The van der Waals surface area contributed by atoms with Gasteiger partial charge in [-0.25, -0.2) is 4.79 Å². The van der Waals surface area contributed by atoms with Crippen molar-refractivity contribution in [3.05, 3.63) is 53.9 Å². The van der Waals surface area contributed by atoms with E-state index in [0.717, 1.165) is 11.1 Å². The molecule has 1 aromatic carbocycles. The van der Waals surface area contributed by atoms with Gasteiger partial charge in [-0.3, -0.25) is 0 Å². The summed E-state index contributed by atoms with van der Waals surface area (Å²) in [6, 6.07) is 9.33. The van der Waals surface area contributed by atoms with Crippen LogP contribution in [0, 0.1) is 0 Å². The number of hydrogen-bond donors (Lipinski definition) is 1. The number of amides is 1. The first-order valence-corrected chi connectivity index (χ1v) is 9.35. The Labute approximate surface area is 158 Å². The topological polar surface area (TPSA) is 77.2 Å². The van der Waals surface area contributed by atoms with Gasteiger partial charge in [0, 0.05) is 12.2 Å². The van der Waals surface area contributed by atoms with Crippen LogP contribution in [0.4, 0.5) is 4.79 Å². The second-order valence-electron chi connectivity index (χ2n) is 7.04. The number of thioether (sulfide) groups is 1. The molecule has 1 heterocycles.